The molecule has 1 aliphatic rings. The van der Waals surface area contributed by atoms with Crippen molar-refractivity contribution >= 4 is 5.78 Å². The van der Waals surface area contributed by atoms with Crippen molar-refractivity contribution in [3.8, 4) is 0 Å². The molecule has 1 atom stereocenters. The van der Waals surface area contributed by atoms with Crippen molar-refractivity contribution in [3.63, 3.8) is 0 Å². The van der Waals surface area contributed by atoms with Crippen molar-refractivity contribution in [2.24, 2.45) is 17.6 Å². The first kappa shape index (κ1) is 9.72. The van der Waals surface area contributed by atoms with Crippen molar-refractivity contribution in [2.45, 2.75) is 45.6 Å². The summed E-state index contributed by atoms with van der Waals surface area (Å²) >= 11 is 0. The van der Waals surface area contributed by atoms with Gasteiger partial charge in [-0.25, -0.2) is 0 Å². The van der Waals surface area contributed by atoms with Gasteiger partial charge in [0, 0.05) is 5.92 Å². The molecule has 0 spiro atoms. The van der Waals surface area contributed by atoms with Gasteiger partial charge in [-0.3, -0.25) is 4.79 Å². The summed E-state index contributed by atoms with van der Waals surface area (Å²) in [5.41, 5.74) is 5.78. The van der Waals surface area contributed by atoms with Gasteiger partial charge in [0.15, 0.2) is 5.78 Å². The van der Waals surface area contributed by atoms with Crippen LogP contribution in [-0.4, -0.2) is 11.8 Å². The highest BCUT2D eigenvalue weighted by Crippen LogP contribution is 2.30. The maximum Gasteiger partial charge on any atom is 0.152 e. The van der Waals surface area contributed by atoms with E-state index in [2.05, 4.69) is 0 Å². The van der Waals surface area contributed by atoms with Crippen LogP contribution in [0.2, 0.25) is 0 Å². The number of carbonyl (C=O) groups excluding carboxylic acids is 1. The molecule has 0 aromatic carbocycles. The molecule has 0 radical (unpaired) electrons. The Labute approximate surface area is 74.5 Å². The molecule has 2 N–H and O–H groups in total. The molecule has 0 unspecified atom stereocenters. The summed E-state index contributed by atoms with van der Waals surface area (Å²) < 4.78 is 0. The molecule has 2 heteroatoms. The standard InChI is InChI=1S/C10H19NO/c1-7(2)10(12)9(11)6-8-4-3-5-8/h7-9H,3-6,11H2,1-2H3/t9-/m1/s1. The van der Waals surface area contributed by atoms with E-state index < -0.39 is 0 Å². The summed E-state index contributed by atoms with van der Waals surface area (Å²) in [5.74, 6) is 1.06. The summed E-state index contributed by atoms with van der Waals surface area (Å²) in [4.78, 5) is 11.4. The van der Waals surface area contributed by atoms with Crippen molar-refractivity contribution in [1.82, 2.24) is 0 Å². The highest BCUT2D eigenvalue weighted by molar-refractivity contribution is 5.85. The van der Waals surface area contributed by atoms with E-state index in [1.165, 1.54) is 19.3 Å². The molecule has 1 aliphatic carbocycles. The van der Waals surface area contributed by atoms with Crippen LogP contribution in [0, 0.1) is 11.8 Å². The first-order valence-corrected chi connectivity index (χ1v) is 4.90. The van der Waals surface area contributed by atoms with Gasteiger partial charge >= 0.3 is 0 Å². The highest BCUT2D eigenvalue weighted by atomic mass is 16.1. The number of nitrogens with two attached hydrogens (primary N) is 1. The van der Waals surface area contributed by atoms with Crippen molar-refractivity contribution < 1.29 is 4.79 Å². The second-order valence-corrected chi connectivity index (χ2v) is 4.20. The van der Waals surface area contributed by atoms with Crippen LogP contribution in [0.15, 0.2) is 0 Å². The normalized spacial score (nSPS) is 20.7. The fourth-order valence-electron chi connectivity index (χ4n) is 1.63. The topological polar surface area (TPSA) is 43.1 Å². The Morgan fingerprint density at radius 1 is 1.50 bits per heavy atom. The van der Waals surface area contributed by atoms with E-state index in [9.17, 15) is 4.79 Å². The monoisotopic (exact) mass is 169 g/mol. The molecule has 1 rings (SSSR count). The van der Waals surface area contributed by atoms with E-state index in [0.29, 0.717) is 0 Å². The van der Waals surface area contributed by atoms with E-state index in [-0.39, 0.29) is 17.7 Å². The van der Waals surface area contributed by atoms with E-state index in [4.69, 9.17) is 5.73 Å². The number of rotatable bonds is 4. The molecule has 0 saturated heterocycles. The molecule has 0 amide bonds. The lowest BCUT2D eigenvalue weighted by Crippen LogP contribution is -2.36. The van der Waals surface area contributed by atoms with Crippen molar-refractivity contribution in [3.05, 3.63) is 0 Å². The Kier molecular flexibility index (Phi) is 3.27. The molecule has 12 heavy (non-hydrogen) atoms. The van der Waals surface area contributed by atoms with E-state index in [1.807, 2.05) is 13.8 Å². The smallest absolute Gasteiger partial charge is 0.152 e. The SMILES string of the molecule is CC(C)C(=O)[C@H](N)CC1CCC1. The molecular formula is C10H19NO. The van der Waals surface area contributed by atoms with Gasteiger partial charge in [0.05, 0.1) is 6.04 Å². The molecule has 0 aromatic heterocycles. The van der Waals surface area contributed by atoms with Gasteiger partial charge in [0.1, 0.15) is 0 Å². The average molecular weight is 169 g/mol. The maximum absolute atomic E-state index is 11.4. The van der Waals surface area contributed by atoms with Gasteiger partial charge in [-0.05, 0) is 12.3 Å². The fraction of sp³-hybridized carbons (Fsp3) is 0.900. The summed E-state index contributed by atoms with van der Waals surface area (Å²) in [6.07, 6.45) is 4.79. The summed E-state index contributed by atoms with van der Waals surface area (Å²) in [5, 5.41) is 0. The first-order valence-electron chi connectivity index (χ1n) is 4.90. The highest BCUT2D eigenvalue weighted by Gasteiger charge is 2.24. The van der Waals surface area contributed by atoms with Gasteiger partial charge in [0.2, 0.25) is 0 Å². The largest absolute Gasteiger partial charge is 0.321 e. The summed E-state index contributed by atoms with van der Waals surface area (Å²) in [6, 6.07) is -0.199. The van der Waals surface area contributed by atoms with Crippen LogP contribution in [0.5, 0.6) is 0 Å². The number of carbonyl (C=O) groups is 1. The van der Waals surface area contributed by atoms with Crippen LogP contribution < -0.4 is 5.73 Å². The fourth-order valence-corrected chi connectivity index (χ4v) is 1.63. The molecule has 0 aliphatic heterocycles. The minimum atomic E-state index is -0.199. The van der Waals surface area contributed by atoms with Gasteiger partial charge in [-0.1, -0.05) is 33.1 Å². The predicted octanol–water partition coefficient (Wildman–Crippen LogP) is 1.73. The second-order valence-electron chi connectivity index (χ2n) is 4.20. The Bertz CT molecular complexity index is 161. The molecule has 2 nitrogen and oxygen atoms in total. The zero-order valence-electron chi connectivity index (χ0n) is 8.05. The van der Waals surface area contributed by atoms with Gasteiger partial charge in [-0.15, -0.1) is 0 Å². The number of ketones is 1. The lowest BCUT2D eigenvalue weighted by Gasteiger charge is -2.27. The zero-order valence-corrected chi connectivity index (χ0v) is 8.05. The van der Waals surface area contributed by atoms with Gasteiger partial charge in [0.25, 0.3) is 0 Å². The van der Waals surface area contributed by atoms with Gasteiger partial charge < -0.3 is 5.73 Å². The number of hydrogen-bond donors (Lipinski definition) is 1. The van der Waals surface area contributed by atoms with Crippen LogP contribution in [0.1, 0.15) is 39.5 Å². The van der Waals surface area contributed by atoms with Crippen molar-refractivity contribution in [1.29, 1.82) is 0 Å². The Morgan fingerprint density at radius 3 is 2.42 bits per heavy atom. The molecule has 70 valence electrons. The Morgan fingerprint density at radius 2 is 2.08 bits per heavy atom. The first-order chi connectivity index (χ1) is 5.61. The molecular weight excluding hydrogens is 150 g/mol. The van der Waals surface area contributed by atoms with Crippen molar-refractivity contribution in [2.75, 3.05) is 0 Å². The lowest BCUT2D eigenvalue weighted by molar-refractivity contribution is -0.123. The van der Waals surface area contributed by atoms with Crippen LogP contribution in [0.3, 0.4) is 0 Å². The molecule has 0 bridgehead atoms. The minimum absolute atomic E-state index is 0.0973. The second kappa shape index (κ2) is 4.04. The Hall–Kier alpha value is -0.370. The van der Waals surface area contributed by atoms with E-state index in [0.717, 1.165) is 12.3 Å². The minimum Gasteiger partial charge on any atom is -0.321 e. The quantitative estimate of drug-likeness (QED) is 0.696. The van der Waals surface area contributed by atoms with Gasteiger partial charge in [-0.2, -0.15) is 0 Å². The zero-order chi connectivity index (χ0) is 9.14. The molecule has 1 saturated carbocycles. The molecule has 1 fully saturated rings. The number of Topliss-reactive ketones (excluding diaryl/α,β-unsaturated/α-hetero) is 1. The van der Waals surface area contributed by atoms with Crippen LogP contribution in [0.4, 0.5) is 0 Å². The third-order valence-corrected chi connectivity index (χ3v) is 2.75. The predicted molar refractivity (Wildman–Crippen MR) is 49.8 cm³/mol. The van der Waals surface area contributed by atoms with Crippen LogP contribution in [-0.2, 0) is 4.79 Å². The average Bonchev–Trinajstić information content (AvgIpc) is 1.94. The molecule has 0 aromatic rings. The lowest BCUT2D eigenvalue weighted by atomic mass is 9.79. The van der Waals surface area contributed by atoms with Crippen LogP contribution >= 0.6 is 0 Å². The van der Waals surface area contributed by atoms with E-state index in [1.54, 1.807) is 0 Å². The third-order valence-electron chi connectivity index (χ3n) is 2.75. The van der Waals surface area contributed by atoms with Crippen LogP contribution in [0.25, 0.3) is 0 Å². The summed E-state index contributed by atoms with van der Waals surface area (Å²) in [6.45, 7) is 3.84. The molecule has 0 heterocycles. The third kappa shape index (κ3) is 2.31. The Balaban J connectivity index is 2.26. The van der Waals surface area contributed by atoms with E-state index >= 15 is 0 Å². The maximum atomic E-state index is 11.4. The summed E-state index contributed by atoms with van der Waals surface area (Å²) in [7, 11) is 0. The number of hydrogen-bond acceptors (Lipinski definition) is 2.